The van der Waals surface area contributed by atoms with Gasteiger partial charge in [-0.1, -0.05) is 6.42 Å². The molecule has 1 aromatic rings. The van der Waals surface area contributed by atoms with Crippen molar-refractivity contribution in [2.24, 2.45) is 0 Å². The third-order valence-corrected chi connectivity index (χ3v) is 6.31. The third-order valence-electron chi connectivity index (χ3n) is 3.61. The zero-order valence-corrected chi connectivity index (χ0v) is 14.3. The van der Waals surface area contributed by atoms with Gasteiger partial charge in [0.15, 0.2) is 0 Å². The molecular formula is C13H24N4O2S2. The molecule has 0 spiro atoms. The number of nitrogens with zero attached hydrogens (tertiary/aromatic N) is 2. The van der Waals surface area contributed by atoms with Gasteiger partial charge in [-0.3, -0.25) is 0 Å². The van der Waals surface area contributed by atoms with Crippen molar-refractivity contribution >= 4 is 21.5 Å². The zero-order chi connectivity index (χ0) is 15.3. The van der Waals surface area contributed by atoms with Crippen LogP contribution in [0.3, 0.4) is 0 Å². The Morgan fingerprint density at radius 2 is 2.29 bits per heavy atom. The van der Waals surface area contributed by atoms with Crippen LogP contribution >= 0.6 is 11.3 Å². The highest BCUT2D eigenvalue weighted by molar-refractivity contribution is 7.87. The Morgan fingerprint density at radius 3 is 2.95 bits per heavy atom. The Labute approximate surface area is 131 Å². The van der Waals surface area contributed by atoms with E-state index in [1.54, 1.807) is 15.6 Å². The Balaban J connectivity index is 1.90. The first-order chi connectivity index (χ1) is 10.0. The van der Waals surface area contributed by atoms with Gasteiger partial charge in [0.25, 0.3) is 10.2 Å². The van der Waals surface area contributed by atoms with Crippen LogP contribution in [-0.4, -0.2) is 50.4 Å². The van der Waals surface area contributed by atoms with Crippen molar-refractivity contribution < 1.29 is 8.42 Å². The lowest BCUT2D eigenvalue weighted by Gasteiger charge is -2.34. The fourth-order valence-electron chi connectivity index (χ4n) is 2.62. The lowest BCUT2D eigenvalue weighted by atomic mass is 10.1. The fraction of sp³-hybridized carbons (Fsp3) is 0.769. The maximum Gasteiger partial charge on any atom is 0.279 e. The molecule has 21 heavy (non-hydrogen) atoms. The second kappa shape index (κ2) is 7.64. The molecule has 0 saturated carbocycles. The van der Waals surface area contributed by atoms with Crippen LogP contribution in [0.1, 0.15) is 30.0 Å². The lowest BCUT2D eigenvalue weighted by Crippen LogP contribution is -2.52. The van der Waals surface area contributed by atoms with Crippen LogP contribution in [-0.2, 0) is 16.6 Å². The van der Waals surface area contributed by atoms with E-state index in [2.05, 4.69) is 15.0 Å². The summed E-state index contributed by atoms with van der Waals surface area (Å²) in [4.78, 5) is 4.35. The van der Waals surface area contributed by atoms with Crippen LogP contribution in [0.2, 0.25) is 0 Å². The SMILES string of the molecule is CNCC1CCCCN1S(=O)(=O)NCCc1nc(C)cs1. The number of aromatic nitrogens is 1. The molecule has 1 fully saturated rings. The van der Waals surface area contributed by atoms with Gasteiger partial charge in [0.1, 0.15) is 0 Å². The molecule has 2 rings (SSSR count). The van der Waals surface area contributed by atoms with Crippen LogP contribution in [0.4, 0.5) is 0 Å². The van der Waals surface area contributed by atoms with Crippen molar-refractivity contribution in [1.82, 2.24) is 19.3 Å². The van der Waals surface area contributed by atoms with Crippen LogP contribution in [0.25, 0.3) is 0 Å². The van der Waals surface area contributed by atoms with E-state index in [0.29, 0.717) is 26.1 Å². The van der Waals surface area contributed by atoms with Gasteiger partial charge in [-0.05, 0) is 26.8 Å². The van der Waals surface area contributed by atoms with Gasteiger partial charge in [0.2, 0.25) is 0 Å². The minimum atomic E-state index is -3.40. The molecule has 0 aromatic carbocycles. The Bertz CT molecular complexity index is 542. The molecule has 0 amide bonds. The van der Waals surface area contributed by atoms with Gasteiger partial charge in [0, 0.05) is 43.2 Å². The molecule has 1 unspecified atom stereocenters. The molecule has 1 saturated heterocycles. The van der Waals surface area contributed by atoms with Crippen molar-refractivity contribution in [3.63, 3.8) is 0 Å². The molecular weight excluding hydrogens is 308 g/mol. The monoisotopic (exact) mass is 332 g/mol. The molecule has 1 aromatic heterocycles. The zero-order valence-electron chi connectivity index (χ0n) is 12.6. The minimum absolute atomic E-state index is 0.0587. The number of rotatable bonds is 7. The minimum Gasteiger partial charge on any atom is -0.318 e. The summed E-state index contributed by atoms with van der Waals surface area (Å²) in [7, 11) is -1.54. The Kier molecular flexibility index (Phi) is 6.12. The summed E-state index contributed by atoms with van der Waals surface area (Å²) in [6, 6.07) is 0.0587. The van der Waals surface area contributed by atoms with Crippen molar-refractivity contribution in [2.45, 2.75) is 38.6 Å². The van der Waals surface area contributed by atoms with Gasteiger partial charge >= 0.3 is 0 Å². The average Bonchev–Trinajstić information content (AvgIpc) is 2.85. The first kappa shape index (κ1) is 16.8. The van der Waals surface area contributed by atoms with Gasteiger partial charge < -0.3 is 5.32 Å². The molecule has 0 aliphatic carbocycles. The Hall–Kier alpha value is -0.540. The fourth-order valence-corrected chi connectivity index (χ4v) is 4.86. The summed E-state index contributed by atoms with van der Waals surface area (Å²) >= 11 is 1.57. The van der Waals surface area contributed by atoms with Crippen molar-refractivity contribution in [3.05, 3.63) is 16.1 Å². The second-order valence-corrected chi connectivity index (χ2v) is 8.00. The van der Waals surface area contributed by atoms with Gasteiger partial charge in [-0.15, -0.1) is 11.3 Å². The molecule has 2 N–H and O–H groups in total. The van der Waals surface area contributed by atoms with Crippen molar-refractivity contribution in [1.29, 1.82) is 0 Å². The van der Waals surface area contributed by atoms with Crippen molar-refractivity contribution in [3.8, 4) is 0 Å². The van der Waals surface area contributed by atoms with E-state index in [1.165, 1.54) is 0 Å². The van der Waals surface area contributed by atoms with E-state index >= 15 is 0 Å². The summed E-state index contributed by atoms with van der Waals surface area (Å²) in [5.74, 6) is 0. The lowest BCUT2D eigenvalue weighted by molar-refractivity contribution is 0.246. The Morgan fingerprint density at radius 1 is 1.48 bits per heavy atom. The number of thiazole rings is 1. The van der Waals surface area contributed by atoms with E-state index in [1.807, 2.05) is 19.4 Å². The normalized spacial score (nSPS) is 20.8. The number of piperidine rings is 1. The molecule has 1 aliphatic rings. The summed E-state index contributed by atoms with van der Waals surface area (Å²) in [6.07, 6.45) is 3.60. The predicted molar refractivity (Wildman–Crippen MR) is 85.7 cm³/mol. The van der Waals surface area contributed by atoms with E-state index in [4.69, 9.17) is 0 Å². The number of hydrogen-bond acceptors (Lipinski definition) is 5. The molecule has 6 nitrogen and oxygen atoms in total. The first-order valence-corrected chi connectivity index (χ1v) is 9.67. The average molecular weight is 332 g/mol. The highest BCUT2D eigenvalue weighted by Crippen LogP contribution is 2.19. The summed E-state index contributed by atoms with van der Waals surface area (Å²) in [5, 5.41) is 6.04. The number of nitrogens with one attached hydrogen (secondary N) is 2. The van der Waals surface area contributed by atoms with Gasteiger partial charge in [-0.2, -0.15) is 12.7 Å². The smallest absolute Gasteiger partial charge is 0.279 e. The topological polar surface area (TPSA) is 74.3 Å². The molecule has 0 radical (unpaired) electrons. The van der Waals surface area contributed by atoms with Crippen LogP contribution in [0.5, 0.6) is 0 Å². The summed E-state index contributed by atoms with van der Waals surface area (Å²) in [5.41, 5.74) is 0.989. The molecule has 8 heteroatoms. The standard InChI is InChI=1S/C13H24N4O2S2/c1-11-10-20-13(16-11)6-7-15-21(18,19)17-8-4-3-5-12(17)9-14-2/h10,12,14-15H,3-9H2,1-2H3. The van der Waals surface area contributed by atoms with Crippen molar-refractivity contribution in [2.75, 3.05) is 26.7 Å². The highest BCUT2D eigenvalue weighted by atomic mass is 32.2. The highest BCUT2D eigenvalue weighted by Gasteiger charge is 2.31. The number of aryl methyl sites for hydroxylation is 1. The van der Waals surface area contributed by atoms with E-state index in [0.717, 1.165) is 30.0 Å². The largest absolute Gasteiger partial charge is 0.318 e. The second-order valence-electron chi connectivity index (χ2n) is 5.35. The number of hydrogen-bond donors (Lipinski definition) is 2. The molecule has 1 aliphatic heterocycles. The summed E-state index contributed by atoms with van der Waals surface area (Å²) < 4.78 is 29.2. The number of likely N-dealkylation sites (N-methyl/N-ethyl adjacent to an activating group) is 1. The van der Waals surface area contributed by atoms with Crippen LogP contribution < -0.4 is 10.0 Å². The molecule has 1 atom stereocenters. The maximum absolute atomic E-state index is 12.4. The first-order valence-electron chi connectivity index (χ1n) is 7.35. The third kappa shape index (κ3) is 4.72. The van der Waals surface area contributed by atoms with Gasteiger partial charge in [-0.25, -0.2) is 9.71 Å². The van der Waals surface area contributed by atoms with E-state index in [-0.39, 0.29) is 6.04 Å². The van der Waals surface area contributed by atoms with E-state index in [9.17, 15) is 8.42 Å². The molecule has 120 valence electrons. The molecule has 2 heterocycles. The van der Waals surface area contributed by atoms with E-state index < -0.39 is 10.2 Å². The molecule has 0 bridgehead atoms. The maximum atomic E-state index is 12.4. The summed E-state index contributed by atoms with van der Waals surface area (Å²) in [6.45, 7) is 3.66. The van der Waals surface area contributed by atoms with Crippen LogP contribution in [0.15, 0.2) is 5.38 Å². The van der Waals surface area contributed by atoms with Crippen LogP contribution in [0, 0.1) is 6.92 Å². The predicted octanol–water partition coefficient (Wildman–Crippen LogP) is 0.902. The quantitative estimate of drug-likeness (QED) is 0.778. The van der Waals surface area contributed by atoms with Gasteiger partial charge in [0.05, 0.1) is 5.01 Å².